The largest absolute Gasteiger partial charge is 0.417 e. The first-order valence-corrected chi connectivity index (χ1v) is 14.8. The molecule has 4 aromatic carbocycles. The molecule has 0 spiro atoms. The number of ketones is 2. The molecule has 2 unspecified atom stereocenters. The maximum atomic E-state index is 13.4. The van der Waals surface area contributed by atoms with Crippen LogP contribution in [0.3, 0.4) is 0 Å². The summed E-state index contributed by atoms with van der Waals surface area (Å²) in [6.45, 7) is 8.61. The molecule has 3 aliphatic rings. The fraction of sp³-hybridized carbons (Fsp3) is 0.263. The van der Waals surface area contributed by atoms with Gasteiger partial charge in [-0.2, -0.15) is 0 Å². The van der Waals surface area contributed by atoms with Crippen molar-refractivity contribution in [2.75, 3.05) is 23.9 Å². The van der Waals surface area contributed by atoms with E-state index >= 15 is 0 Å². The number of carbonyl (C=O) groups excluding carboxylic acids is 2. The van der Waals surface area contributed by atoms with Gasteiger partial charge in [-0.15, -0.1) is 5.73 Å². The van der Waals surface area contributed by atoms with E-state index in [9.17, 15) is 14.7 Å². The molecule has 2 N–H and O–H groups in total. The highest BCUT2D eigenvalue weighted by Gasteiger charge is 2.60. The number of nitrogens with zero attached hydrogens (tertiary/aromatic N) is 2. The molecule has 1 aliphatic carbocycles. The minimum Gasteiger partial charge on any atom is -0.381 e. The fourth-order valence-electron chi connectivity index (χ4n) is 7.68. The maximum absolute atomic E-state index is 13.4. The lowest BCUT2D eigenvalue weighted by Gasteiger charge is -2.22. The molecule has 0 radical (unpaired) electrons. The van der Waals surface area contributed by atoms with E-state index in [-0.39, 0.29) is 17.1 Å². The average Bonchev–Trinajstić information content (AvgIpc) is 3.41. The van der Waals surface area contributed by atoms with Crippen molar-refractivity contribution in [1.82, 2.24) is 0 Å². The molecule has 1 fully saturated rings. The molecular formula is C38H36N2O3+2. The number of carbonyl (C=O) groups is 1. The van der Waals surface area contributed by atoms with Crippen LogP contribution in [0.15, 0.2) is 102 Å². The van der Waals surface area contributed by atoms with Gasteiger partial charge in [-0.05, 0) is 73.0 Å². The van der Waals surface area contributed by atoms with E-state index in [1.807, 2.05) is 32.3 Å². The van der Waals surface area contributed by atoms with Crippen molar-refractivity contribution in [3.05, 3.63) is 119 Å². The molecule has 4 aromatic rings. The molecule has 7 rings (SSSR count). The number of aliphatic hydroxyl groups excluding tert-OH is 1. The second-order valence-corrected chi connectivity index (χ2v) is 13.1. The van der Waals surface area contributed by atoms with Gasteiger partial charge in [0, 0.05) is 30.8 Å². The first-order chi connectivity index (χ1) is 20.4. The summed E-state index contributed by atoms with van der Waals surface area (Å²) in [6, 6.07) is 25.2. The number of hydrogen-bond donors (Lipinski definition) is 1. The van der Waals surface area contributed by atoms with Gasteiger partial charge >= 0.3 is 5.78 Å². The van der Waals surface area contributed by atoms with Gasteiger partial charge in [-0.25, -0.2) is 0 Å². The highest BCUT2D eigenvalue weighted by Crippen LogP contribution is 2.52. The summed E-state index contributed by atoms with van der Waals surface area (Å²) in [6.07, 6.45) is 2.05. The summed E-state index contributed by atoms with van der Waals surface area (Å²) in [7, 11) is 4.00. The third-order valence-corrected chi connectivity index (χ3v) is 9.86. The number of Topliss-reactive ketones (excluding diaryl/α,β-unsaturated/α-hetero) is 1. The first kappa shape index (κ1) is 27.3. The Bertz CT molecular complexity index is 1970. The van der Waals surface area contributed by atoms with Gasteiger partial charge in [0.2, 0.25) is 0 Å². The predicted molar refractivity (Wildman–Crippen MR) is 175 cm³/mol. The number of fused-ring (bicyclic) bond motifs is 6. The lowest BCUT2D eigenvalue weighted by Crippen LogP contribution is -2.26. The summed E-state index contributed by atoms with van der Waals surface area (Å²) >= 11 is 0. The van der Waals surface area contributed by atoms with Gasteiger partial charge in [0.25, 0.3) is 11.7 Å². The Kier molecular flexibility index (Phi) is 5.84. The number of aliphatic hydroxyl groups is 1. The first-order valence-electron chi connectivity index (χ1n) is 14.8. The van der Waals surface area contributed by atoms with E-state index in [1.165, 1.54) is 27.3 Å². The average molecular weight is 569 g/mol. The van der Waals surface area contributed by atoms with Crippen molar-refractivity contribution in [3.8, 4) is 0 Å². The minimum absolute atomic E-state index is 0.121. The van der Waals surface area contributed by atoms with Crippen molar-refractivity contribution < 1.29 is 14.7 Å². The Morgan fingerprint density at radius 1 is 0.814 bits per heavy atom. The van der Waals surface area contributed by atoms with Gasteiger partial charge in [0.15, 0.2) is 17.7 Å². The van der Waals surface area contributed by atoms with Crippen LogP contribution in [0.25, 0.3) is 21.5 Å². The number of allylic oxidation sites excluding steroid dienone is 2. The molecule has 0 aromatic heterocycles. The smallest absolute Gasteiger partial charge is 0.381 e. The fourth-order valence-corrected chi connectivity index (χ4v) is 7.68. The van der Waals surface area contributed by atoms with Crippen molar-refractivity contribution in [2.45, 2.75) is 44.6 Å². The Hall–Kier alpha value is -4.57. The Balaban J connectivity index is 1.26. The third kappa shape index (κ3) is 3.72. The molecule has 2 aliphatic heterocycles. The number of anilines is 2. The monoisotopic (exact) mass is 568 g/mol. The molecule has 5 nitrogen and oxygen atoms in total. The zero-order chi connectivity index (χ0) is 30.4. The maximum Gasteiger partial charge on any atom is 0.417 e. The molecule has 0 saturated heterocycles. The van der Waals surface area contributed by atoms with Gasteiger partial charge in [-0.3, -0.25) is 14.5 Å². The summed E-state index contributed by atoms with van der Waals surface area (Å²) in [5.74, 6) is -1.32. The zero-order valence-electron chi connectivity index (χ0n) is 25.4. The third-order valence-electron chi connectivity index (χ3n) is 9.86. The van der Waals surface area contributed by atoms with Crippen LogP contribution in [0.5, 0.6) is 0 Å². The second-order valence-electron chi connectivity index (χ2n) is 13.1. The van der Waals surface area contributed by atoms with E-state index in [4.69, 9.17) is 0 Å². The van der Waals surface area contributed by atoms with Gasteiger partial charge < -0.3 is 10.0 Å². The molecule has 214 valence electrons. The summed E-state index contributed by atoms with van der Waals surface area (Å²) < 4.78 is 0. The molecule has 1 saturated carbocycles. The molecule has 5 heteroatoms. The summed E-state index contributed by atoms with van der Waals surface area (Å²) in [5.41, 5.74) is 9.00. The van der Waals surface area contributed by atoms with E-state index < -0.39 is 23.2 Å². The number of benzene rings is 4. The standard InChI is InChI=1S/C38H35N2O3/c1-37(2)30(39(5)28-18-15-22-11-7-9-13-24(22)32(28)37)20-17-26-34(41)27(36(43)35(26)42)21-31-38(3,4)33-25-14-10-8-12-23(25)16-19-29(33)40(31)6/h7-19,21,26,35,42H,1-6H3/q+1/p+1. The highest BCUT2D eigenvalue weighted by atomic mass is 16.3. The molecule has 2 heterocycles. The molecular weight excluding hydrogens is 532 g/mol. The normalized spacial score (nSPS) is 23.0. The van der Waals surface area contributed by atoms with Crippen LogP contribution in [-0.2, 0) is 15.6 Å². The van der Waals surface area contributed by atoms with Gasteiger partial charge in [-0.1, -0.05) is 60.7 Å². The van der Waals surface area contributed by atoms with Crippen LogP contribution in [0.2, 0.25) is 0 Å². The Morgan fingerprint density at radius 3 is 1.95 bits per heavy atom. The number of hydrogen-bond acceptors (Lipinski definition) is 4. The van der Waals surface area contributed by atoms with Gasteiger partial charge in [0.1, 0.15) is 6.08 Å². The van der Waals surface area contributed by atoms with Crippen molar-refractivity contribution in [3.63, 3.8) is 0 Å². The summed E-state index contributed by atoms with van der Waals surface area (Å²) in [5, 5.41) is 15.8. The highest BCUT2D eigenvalue weighted by molar-refractivity contribution is 6.28. The predicted octanol–water partition coefficient (Wildman–Crippen LogP) is 6.75. The SMILES string of the molecule is CN1C(=C=CC2C(=[OH+])[C+](C=C3N(C)c4ccc5ccccc5c4C3(C)C)C(=O)C2O)C(C)(C)c2c1ccc1ccccc21. The molecule has 0 amide bonds. The van der Waals surface area contributed by atoms with E-state index in [0.717, 1.165) is 28.2 Å². The second kappa shape index (κ2) is 9.21. The Morgan fingerprint density at radius 2 is 1.35 bits per heavy atom. The Labute approximate surface area is 252 Å². The minimum atomic E-state index is -1.38. The van der Waals surface area contributed by atoms with Crippen molar-refractivity contribution in [1.29, 1.82) is 0 Å². The van der Waals surface area contributed by atoms with Crippen LogP contribution in [-0.4, -0.2) is 41.7 Å². The van der Waals surface area contributed by atoms with Gasteiger partial charge in [0.05, 0.1) is 16.8 Å². The molecule has 43 heavy (non-hydrogen) atoms. The van der Waals surface area contributed by atoms with Crippen LogP contribution in [0, 0.1) is 11.8 Å². The van der Waals surface area contributed by atoms with E-state index in [1.54, 1.807) is 12.2 Å². The number of likely N-dealkylation sites (N-methyl/N-ethyl adjacent to an activating group) is 2. The number of rotatable bonds is 2. The topological polar surface area (TPSA) is 65.2 Å². The van der Waals surface area contributed by atoms with Crippen LogP contribution >= 0.6 is 0 Å². The molecule has 0 bridgehead atoms. The van der Waals surface area contributed by atoms with Crippen LogP contribution in [0.1, 0.15) is 38.8 Å². The summed E-state index contributed by atoms with van der Waals surface area (Å²) in [4.78, 5) is 29.1. The van der Waals surface area contributed by atoms with Crippen molar-refractivity contribution >= 4 is 44.5 Å². The van der Waals surface area contributed by atoms with E-state index in [0.29, 0.717) is 0 Å². The van der Waals surface area contributed by atoms with Crippen LogP contribution < -0.4 is 9.80 Å². The molecule has 2 atom stereocenters. The zero-order valence-corrected chi connectivity index (χ0v) is 25.4. The van der Waals surface area contributed by atoms with Crippen molar-refractivity contribution in [2.24, 2.45) is 5.92 Å². The lowest BCUT2D eigenvalue weighted by molar-refractivity contribution is -0.123. The lowest BCUT2D eigenvalue weighted by atomic mass is 9.80. The van der Waals surface area contributed by atoms with Crippen LogP contribution in [0.4, 0.5) is 11.4 Å². The van der Waals surface area contributed by atoms with E-state index in [2.05, 4.69) is 97.8 Å². The quantitative estimate of drug-likeness (QED) is 0.165.